The Morgan fingerprint density at radius 3 is 2.46 bits per heavy atom. The number of carbonyl (C=O) groups is 1. The van der Waals surface area contributed by atoms with E-state index in [1.54, 1.807) is 18.2 Å². The van der Waals surface area contributed by atoms with Crippen LogP contribution in [0.2, 0.25) is 5.02 Å². The quantitative estimate of drug-likeness (QED) is 0.379. The van der Waals surface area contributed by atoms with Crippen molar-refractivity contribution in [2.45, 2.75) is 52.3 Å². The van der Waals surface area contributed by atoms with Crippen LogP contribution in [-0.2, 0) is 16.1 Å². The van der Waals surface area contributed by atoms with Crippen LogP contribution in [0.1, 0.15) is 56.2 Å². The highest BCUT2D eigenvalue weighted by atomic mass is 35.5. The number of alkyl halides is 3. The molecular weight excluding hydrogens is 531 g/mol. The van der Waals surface area contributed by atoms with E-state index in [9.17, 15) is 18.0 Å². The van der Waals surface area contributed by atoms with Crippen LogP contribution in [0.3, 0.4) is 0 Å². The van der Waals surface area contributed by atoms with E-state index >= 15 is 0 Å². The van der Waals surface area contributed by atoms with Crippen molar-refractivity contribution in [1.82, 2.24) is 5.32 Å². The van der Waals surface area contributed by atoms with Gasteiger partial charge in [-0.15, -0.1) is 0 Å². The Kier molecular flexibility index (Phi) is 8.69. The number of hydrogen-bond donors (Lipinski definition) is 1. The molecule has 1 fully saturated rings. The Labute approximate surface area is 231 Å². The number of benzene rings is 2. The molecule has 1 N–H and O–H groups in total. The van der Waals surface area contributed by atoms with Crippen LogP contribution in [0.4, 0.5) is 13.2 Å². The molecule has 10 heteroatoms. The number of ether oxygens (including phenoxy) is 2. The van der Waals surface area contributed by atoms with Crippen molar-refractivity contribution in [3.05, 3.63) is 70.3 Å². The lowest BCUT2D eigenvalue weighted by Gasteiger charge is -2.19. The van der Waals surface area contributed by atoms with Gasteiger partial charge in [0.05, 0.1) is 25.1 Å². The van der Waals surface area contributed by atoms with Crippen LogP contribution in [0.25, 0.3) is 5.70 Å². The topological polar surface area (TPSA) is 72.3 Å². The first-order chi connectivity index (χ1) is 18.5. The first-order valence-corrected chi connectivity index (χ1v) is 13.2. The maximum Gasteiger partial charge on any atom is 0.403 e. The maximum absolute atomic E-state index is 13.3. The van der Waals surface area contributed by atoms with Crippen molar-refractivity contribution in [2.75, 3.05) is 13.7 Å². The molecule has 6 nitrogen and oxygen atoms in total. The SMILES string of the molecule is COC1=NC(c2cc(CNC(=O)C3(C(F)(F)F)CC3)ccc2Cl)=CCCC(c2ccc(OCC(C)C)cc2)=N1. The molecule has 1 saturated carbocycles. The molecule has 0 aromatic heterocycles. The van der Waals surface area contributed by atoms with Gasteiger partial charge in [-0.1, -0.05) is 37.6 Å². The smallest absolute Gasteiger partial charge is 0.403 e. The number of nitrogens with zero attached hydrogens (tertiary/aromatic N) is 2. The second-order valence-corrected chi connectivity index (χ2v) is 10.5. The molecule has 0 atom stereocenters. The van der Waals surface area contributed by atoms with Gasteiger partial charge in [-0.05, 0) is 79.1 Å². The lowest BCUT2D eigenvalue weighted by Crippen LogP contribution is -2.40. The van der Waals surface area contributed by atoms with Gasteiger partial charge in [0.2, 0.25) is 5.91 Å². The van der Waals surface area contributed by atoms with Gasteiger partial charge >= 0.3 is 12.2 Å². The van der Waals surface area contributed by atoms with E-state index in [2.05, 4.69) is 29.1 Å². The summed E-state index contributed by atoms with van der Waals surface area (Å²) < 4.78 is 51.0. The molecule has 2 aromatic carbocycles. The molecule has 1 heterocycles. The molecule has 2 aromatic rings. The van der Waals surface area contributed by atoms with Gasteiger partial charge in [0.15, 0.2) is 0 Å². The summed E-state index contributed by atoms with van der Waals surface area (Å²) >= 11 is 6.47. The van der Waals surface area contributed by atoms with Crippen LogP contribution in [0.5, 0.6) is 5.75 Å². The van der Waals surface area contributed by atoms with Gasteiger partial charge in [0, 0.05) is 17.1 Å². The van der Waals surface area contributed by atoms with Gasteiger partial charge in [-0.2, -0.15) is 23.2 Å². The Hall–Kier alpha value is -3.33. The average Bonchev–Trinajstić information content (AvgIpc) is 3.70. The Bertz CT molecular complexity index is 1300. The van der Waals surface area contributed by atoms with Crippen LogP contribution in [0.15, 0.2) is 58.5 Å². The predicted octanol–water partition coefficient (Wildman–Crippen LogP) is 6.96. The number of amides is 1. The molecule has 2 aliphatic rings. The van der Waals surface area contributed by atoms with Gasteiger partial charge in [-0.3, -0.25) is 4.79 Å². The summed E-state index contributed by atoms with van der Waals surface area (Å²) in [6.45, 7) is 4.76. The van der Waals surface area contributed by atoms with E-state index in [4.69, 9.17) is 21.1 Å². The largest absolute Gasteiger partial charge is 0.493 e. The van der Waals surface area contributed by atoms with Crippen molar-refractivity contribution in [1.29, 1.82) is 0 Å². The zero-order valence-electron chi connectivity index (χ0n) is 22.1. The predicted molar refractivity (Wildman–Crippen MR) is 146 cm³/mol. The molecule has 208 valence electrons. The van der Waals surface area contributed by atoms with Crippen molar-refractivity contribution in [3.8, 4) is 5.75 Å². The van der Waals surface area contributed by atoms with Crippen molar-refractivity contribution >= 4 is 34.9 Å². The van der Waals surface area contributed by atoms with Gasteiger partial charge in [0.25, 0.3) is 0 Å². The molecule has 1 aliphatic carbocycles. The third-order valence-corrected chi connectivity index (χ3v) is 6.94. The van der Waals surface area contributed by atoms with Crippen LogP contribution in [0, 0.1) is 11.3 Å². The first-order valence-electron chi connectivity index (χ1n) is 12.8. The number of nitrogens with one attached hydrogen (secondary N) is 1. The molecule has 0 bridgehead atoms. The van der Waals surface area contributed by atoms with E-state index in [0.29, 0.717) is 47.2 Å². The molecule has 0 saturated heterocycles. The summed E-state index contributed by atoms with van der Waals surface area (Å²) in [6.07, 6.45) is -1.78. The second-order valence-electron chi connectivity index (χ2n) is 10.1. The highest BCUT2D eigenvalue weighted by Crippen LogP contribution is 2.57. The number of methoxy groups -OCH3 is 1. The van der Waals surface area contributed by atoms with E-state index in [1.165, 1.54) is 7.11 Å². The molecule has 1 amide bonds. The van der Waals surface area contributed by atoms with E-state index in [-0.39, 0.29) is 25.4 Å². The molecule has 4 rings (SSSR count). The zero-order chi connectivity index (χ0) is 28.2. The number of halogens is 4. The van der Waals surface area contributed by atoms with Gasteiger partial charge < -0.3 is 14.8 Å². The Balaban J connectivity index is 1.51. The average molecular weight is 562 g/mol. The van der Waals surface area contributed by atoms with Crippen LogP contribution in [-0.4, -0.2) is 37.5 Å². The monoisotopic (exact) mass is 561 g/mol. The summed E-state index contributed by atoms with van der Waals surface area (Å²) in [5, 5.41) is 2.84. The van der Waals surface area contributed by atoms with Crippen LogP contribution >= 0.6 is 11.6 Å². The molecule has 0 radical (unpaired) electrons. The Morgan fingerprint density at radius 2 is 1.85 bits per heavy atom. The molecule has 0 spiro atoms. The maximum atomic E-state index is 13.3. The fourth-order valence-electron chi connectivity index (χ4n) is 4.16. The zero-order valence-corrected chi connectivity index (χ0v) is 22.8. The standard InChI is InChI=1S/C29H31ClF3N3O3/c1-18(2)17-39-21-10-8-20(9-11-21)24-5-4-6-25(36-27(35-24)38-3)22-15-19(7-12-23(22)30)16-34-26(37)28(13-14-28)29(31,32)33/h6-12,15,18H,4-5,13-14,16-17H2,1-3H3,(H,34,37). The highest BCUT2D eigenvalue weighted by Gasteiger charge is 2.68. The summed E-state index contributed by atoms with van der Waals surface area (Å²) in [5.74, 6) is 0.217. The van der Waals surface area contributed by atoms with E-state index in [0.717, 1.165) is 17.0 Å². The molecule has 39 heavy (non-hydrogen) atoms. The number of allylic oxidation sites excluding steroid dienone is 1. The fourth-order valence-corrected chi connectivity index (χ4v) is 4.38. The third-order valence-electron chi connectivity index (χ3n) is 6.61. The van der Waals surface area contributed by atoms with Gasteiger partial charge in [0.1, 0.15) is 11.2 Å². The third kappa shape index (κ3) is 6.82. The van der Waals surface area contributed by atoms with Crippen molar-refractivity contribution < 1.29 is 27.4 Å². The summed E-state index contributed by atoms with van der Waals surface area (Å²) in [7, 11) is 1.48. The van der Waals surface area contributed by atoms with Crippen LogP contribution < -0.4 is 10.1 Å². The molecule has 1 aliphatic heterocycles. The van der Waals surface area contributed by atoms with Crippen molar-refractivity contribution in [3.63, 3.8) is 0 Å². The number of carbonyl (C=O) groups excluding carboxylic acids is 1. The highest BCUT2D eigenvalue weighted by molar-refractivity contribution is 6.32. The first kappa shape index (κ1) is 28.7. The number of rotatable bonds is 8. The number of aliphatic imine (C=N–C) groups is 2. The Morgan fingerprint density at radius 1 is 1.13 bits per heavy atom. The minimum atomic E-state index is -4.56. The summed E-state index contributed by atoms with van der Waals surface area (Å²) in [5.41, 5.74) is 1.17. The number of hydrogen-bond acceptors (Lipinski definition) is 5. The number of amidine groups is 1. The lowest BCUT2D eigenvalue weighted by molar-refractivity contribution is -0.192. The molecular formula is C29H31ClF3N3O3. The minimum Gasteiger partial charge on any atom is -0.493 e. The molecule has 0 unspecified atom stereocenters. The van der Waals surface area contributed by atoms with E-state index < -0.39 is 17.5 Å². The van der Waals surface area contributed by atoms with Crippen molar-refractivity contribution in [2.24, 2.45) is 21.3 Å². The van der Waals surface area contributed by atoms with E-state index in [1.807, 2.05) is 30.3 Å². The summed E-state index contributed by atoms with van der Waals surface area (Å²) in [6, 6.07) is 12.9. The fraction of sp³-hybridized carbons (Fsp3) is 0.414. The minimum absolute atomic E-state index is 0.0614. The second kappa shape index (κ2) is 11.8. The normalized spacial score (nSPS) is 16.9. The lowest BCUT2D eigenvalue weighted by atomic mass is 10.0. The van der Waals surface area contributed by atoms with Gasteiger partial charge in [-0.25, -0.2) is 0 Å². The summed E-state index contributed by atoms with van der Waals surface area (Å²) in [4.78, 5) is 21.5.